The Morgan fingerprint density at radius 1 is 1.38 bits per heavy atom. The molecule has 1 saturated carbocycles. The van der Waals surface area contributed by atoms with E-state index in [0.29, 0.717) is 0 Å². The Morgan fingerprint density at radius 3 is 2.95 bits per heavy atom. The van der Waals surface area contributed by atoms with Gasteiger partial charge in [-0.05, 0) is 31.9 Å². The van der Waals surface area contributed by atoms with Crippen molar-refractivity contribution < 1.29 is 9.90 Å². The average molecular weight is 287 g/mol. The molecule has 3 atom stereocenters. The number of hydrogen-bond donors (Lipinski definition) is 2. The number of amides is 1. The Bertz CT molecular complexity index is 637. The maximum atomic E-state index is 12.4. The lowest BCUT2D eigenvalue weighted by molar-refractivity contribution is -0.125. The van der Waals surface area contributed by atoms with Crippen molar-refractivity contribution in [1.29, 1.82) is 0 Å². The normalized spacial score (nSPS) is 23.9. The topological polar surface area (TPSA) is 67.2 Å². The molecule has 0 bridgehead atoms. The number of aromatic nitrogens is 2. The van der Waals surface area contributed by atoms with Crippen LogP contribution in [0.2, 0.25) is 0 Å². The van der Waals surface area contributed by atoms with Crippen molar-refractivity contribution in [2.75, 3.05) is 0 Å². The maximum absolute atomic E-state index is 12.4. The molecule has 21 heavy (non-hydrogen) atoms. The van der Waals surface area contributed by atoms with E-state index >= 15 is 0 Å². The van der Waals surface area contributed by atoms with Gasteiger partial charge in [0.2, 0.25) is 5.91 Å². The molecule has 1 aromatic heterocycles. The SMILES string of the molecule is CC(C(=O)NC1CCCCC1O)n1cnc2ccccc21. The van der Waals surface area contributed by atoms with Crippen LogP contribution in [-0.2, 0) is 4.79 Å². The molecule has 0 saturated heterocycles. The molecule has 1 aliphatic rings. The van der Waals surface area contributed by atoms with E-state index in [1.165, 1.54) is 0 Å². The number of imidazole rings is 1. The lowest BCUT2D eigenvalue weighted by atomic mass is 9.92. The summed E-state index contributed by atoms with van der Waals surface area (Å²) in [6.45, 7) is 1.86. The number of aliphatic hydroxyl groups excluding tert-OH is 1. The molecule has 1 heterocycles. The van der Waals surface area contributed by atoms with Gasteiger partial charge in [-0.3, -0.25) is 4.79 Å². The first-order valence-corrected chi connectivity index (χ1v) is 7.57. The molecule has 3 unspecified atom stereocenters. The van der Waals surface area contributed by atoms with Crippen LogP contribution >= 0.6 is 0 Å². The smallest absolute Gasteiger partial charge is 0.243 e. The van der Waals surface area contributed by atoms with E-state index in [4.69, 9.17) is 0 Å². The average Bonchev–Trinajstić information content (AvgIpc) is 2.92. The predicted molar refractivity (Wildman–Crippen MR) is 80.8 cm³/mol. The number of nitrogens with one attached hydrogen (secondary N) is 1. The third kappa shape index (κ3) is 2.78. The van der Waals surface area contributed by atoms with Crippen LogP contribution in [0, 0.1) is 0 Å². The van der Waals surface area contributed by atoms with E-state index < -0.39 is 6.10 Å². The van der Waals surface area contributed by atoms with Gasteiger partial charge in [0.05, 0.1) is 29.5 Å². The third-order valence-electron chi connectivity index (χ3n) is 4.33. The molecule has 0 spiro atoms. The van der Waals surface area contributed by atoms with Crippen LogP contribution in [0.25, 0.3) is 11.0 Å². The fraction of sp³-hybridized carbons (Fsp3) is 0.500. The fourth-order valence-electron chi connectivity index (χ4n) is 3.00. The molecule has 3 rings (SSSR count). The molecular formula is C16H21N3O2. The summed E-state index contributed by atoms with van der Waals surface area (Å²) >= 11 is 0. The van der Waals surface area contributed by atoms with E-state index in [2.05, 4.69) is 10.3 Å². The van der Waals surface area contributed by atoms with Crippen LogP contribution in [0.4, 0.5) is 0 Å². The first kappa shape index (κ1) is 14.1. The maximum Gasteiger partial charge on any atom is 0.243 e. The molecule has 1 amide bonds. The van der Waals surface area contributed by atoms with E-state index in [0.717, 1.165) is 36.7 Å². The van der Waals surface area contributed by atoms with Gasteiger partial charge in [-0.2, -0.15) is 0 Å². The molecule has 1 fully saturated rings. The molecule has 5 heteroatoms. The molecule has 5 nitrogen and oxygen atoms in total. The van der Waals surface area contributed by atoms with E-state index in [1.807, 2.05) is 35.8 Å². The van der Waals surface area contributed by atoms with E-state index in [1.54, 1.807) is 6.33 Å². The lowest BCUT2D eigenvalue weighted by Gasteiger charge is -2.29. The minimum absolute atomic E-state index is 0.0656. The van der Waals surface area contributed by atoms with Gasteiger partial charge >= 0.3 is 0 Å². The van der Waals surface area contributed by atoms with Crippen LogP contribution in [0.1, 0.15) is 38.6 Å². The number of aliphatic hydroxyl groups is 1. The zero-order chi connectivity index (χ0) is 14.8. The minimum atomic E-state index is -0.422. The highest BCUT2D eigenvalue weighted by Crippen LogP contribution is 2.21. The number of para-hydroxylation sites is 2. The van der Waals surface area contributed by atoms with Gasteiger partial charge in [-0.15, -0.1) is 0 Å². The van der Waals surface area contributed by atoms with E-state index in [-0.39, 0.29) is 18.0 Å². The van der Waals surface area contributed by atoms with Crippen molar-refractivity contribution in [3.63, 3.8) is 0 Å². The minimum Gasteiger partial charge on any atom is -0.391 e. The van der Waals surface area contributed by atoms with Gasteiger partial charge < -0.3 is 15.0 Å². The first-order chi connectivity index (χ1) is 10.2. The summed E-state index contributed by atoms with van der Waals surface area (Å²) in [5, 5.41) is 13.0. The second-order valence-corrected chi connectivity index (χ2v) is 5.78. The second-order valence-electron chi connectivity index (χ2n) is 5.78. The number of benzene rings is 1. The van der Waals surface area contributed by atoms with Gasteiger partial charge in [0.15, 0.2) is 0 Å². The van der Waals surface area contributed by atoms with Gasteiger partial charge in [0.25, 0.3) is 0 Å². The number of carbonyl (C=O) groups is 1. The number of hydrogen-bond acceptors (Lipinski definition) is 3. The highest BCUT2D eigenvalue weighted by Gasteiger charge is 2.27. The number of carbonyl (C=O) groups excluding carboxylic acids is 1. The van der Waals surface area contributed by atoms with Gasteiger partial charge in [-0.25, -0.2) is 4.98 Å². The van der Waals surface area contributed by atoms with Gasteiger partial charge in [0.1, 0.15) is 6.04 Å². The quantitative estimate of drug-likeness (QED) is 0.907. The summed E-state index contributed by atoms with van der Waals surface area (Å²) in [5.74, 6) is -0.0656. The Kier molecular flexibility index (Phi) is 3.92. The first-order valence-electron chi connectivity index (χ1n) is 7.57. The van der Waals surface area contributed by atoms with Crippen molar-refractivity contribution in [2.45, 2.75) is 50.8 Å². The Labute approximate surface area is 124 Å². The van der Waals surface area contributed by atoms with E-state index in [9.17, 15) is 9.90 Å². The molecule has 0 aliphatic heterocycles. The summed E-state index contributed by atoms with van der Waals surface area (Å²) in [7, 11) is 0. The molecular weight excluding hydrogens is 266 g/mol. The zero-order valence-electron chi connectivity index (χ0n) is 12.2. The highest BCUT2D eigenvalue weighted by molar-refractivity contribution is 5.83. The van der Waals surface area contributed by atoms with Crippen LogP contribution in [0.15, 0.2) is 30.6 Å². The standard InChI is InChI=1S/C16H21N3O2/c1-11(16(21)18-13-7-3-5-9-15(13)20)19-10-17-12-6-2-4-8-14(12)19/h2,4,6,8,10-11,13,15,20H,3,5,7,9H2,1H3,(H,18,21). The largest absolute Gasteiger partial charge is 0.391 e. The summed E-state index contributed by atoms with van der Waals surface area (Å²) in [6.07, 6.45) is 5.00. The second kappa shape index (κ2) is 5.85. The molecule has 2 aromatic rings. The number of rotatable bonds is 3. The van der Waals surface area contributed by atoms with Crippen LogP contribution in [0.3, 0.4) is 0 Å². The van der Waals surface area contributed by atoms with Gasteiger partial charge in [0, 0.05) is 0 Å². The molecule has 1 aliphatic carbocycles. The van der Waals surface area contributed by atoms with Gasteiger partial charge in [-0.1, -0.05) is 25.0 Å². The third-order valence-corrected chi connectivity index (χ3v) is 4.33. The molecule has 1 aromatic carbocycles. The number of fused-ring (bicyclic) bond motifs is 1. The Hall–Kier alpha value is -1.88. The number of nitrogens with zero attached hydrogens (tertiary/aromatic N) is 2. The van der Waals surface area contributed by atoms with Crippen molar-refractivity contribution in [3.8, 4) is 0 Å². The Balaban J connectivity index is 1.75. The zero-order valence-corrected chi connectivity index (χ0v) is 12.2. The fourth-order valence-corrected chi connectivity index (χ4v) is 3.00. The van der Waals surface area contributed by atoms with Crippen LogP contribution in [0.5, 0.6) is 0 Å². The summed E-state index contributed by atoms with van der Waals surface area (Å²) in [4.78, 5) is 16.7. The lowest BCUT2D eigenvalue weighted by Crippen LogP contribution is -2.47. The van der Waals surface area contributed by atoms with Crippen molar-refractivity contribution in [2.24, 2.45) is 0 Å². The monoisotopic (exact) mass is 287 g/mol. The molecule has 0 radical (unpaired) electrons. The Morgan fingerprint density at radius 2 is 2.14 bits per heavy atom. The molecule has 112 valence electrons. The molecule has 2 N–H and O–H groups in total. The van der Waals surface area contributed by atoms with Crippen LogP contribution in [-0.4, -0.2) is 32.7 Å². The van der Waals surface area contributed by atoms with Crippen molar-refractivity contribution in [3.05, 3.63) is 30.6 Å². The van der Waals surface area contributed by atoms with Crippen molar-refractivity contribution >= 4 is 16.9 Å². The predicted octanol–water partition coefficient (Wildman–Crippen LogP) is 2.02. The summed E-state index contributed by atoms with van der Waals surface area (Å²) in [6, 6.07) is 7.30. The summed E-state index contributed by atoms with van der Waals surface area (Å²) in [5.41, 5.74) is 1.83. The highest BCUT2D eigenvalue weighted by atomic mass is 16.3. The van der Waals surface area contributed by atoms with Crippen molar-refractivity contribution in [1.82, 2.24) is 14.9 Å². The van der Waals surface area contributed by atoms with Crippen LogP contribution < -0.4 is 5.32 Å². The summed E-state index contributed by atoms with van der Waals surface area (Å²) < 4.78 is 1.87.